The zero-order chi connectivity index (χ0) is 11.1. The number of nitrogens with one attached hydrogen (secondary N) is 1. The van der Waals surface area contributed by atoms with Gasteiger partial charge < -0.3 is 15.5 Å². The second-order valence-corrected chi connectivity index (χ2v) is 3.81. The monoisotopic (exact) mass is 212 g/mol. The highest BCUT2D eigenvalue weighted by Crippen LogP contribution is 2.32. The number of anilines is 1. The number of methoxy groups -OCH3 is 1. The summed E-state index contributed by atoms with van der Waals surface area (Å²) in [6.45, 7) is 0. The molecule has 0 aliphatic heterocycles. The van der Waals surface area contributed by atoms with Crippen LogP contribution >= 0.6 is 0 Å². The maximum atomic E-state index is 5.91. The van der Waals surface area contributed by atoms with E-state index in [1.807, 2.05) is 24.3 Å². The van der Waals surface area contributed by atoms with Crippen LogP contribution in [0.4, 0.5) is 5.69 Å². The minimum absolute atomic E-state index is 0.666. The van der Waals surface area contributed by atoms with Crippen LogP contribution in [0.15, 0.2) is 36.4 Å². The van der Waals surface area contributed by atoms with E-state index in [9.17, 15) is 0 Å². The highest BCUT2D eigenvalue weighted by molar-refractivity contribution is 6.08. The van der Waals surface area contributed by atoms with Gasteiger partial charge in [-0.3, -0.25) is 0 Å². The number of rotatable bonds is 1. The number of ether oxygens (including phenoxy) is 1. The van der Waals surface area contributed by atoms with Crippen molar-refractivity contribution in [2.75, 3.05) is 12.8 Å². The smallest absolute Gasteiger partial charge is 0.143 e. The Balaban J connectivity index is 2.46. The van der Waals surface area contributed by atoms with Crippen LogP contribution in [0.5, 0.6) is 5.75 Å². The molecule has 3 N–H and O–H groups in total. The van der Waals surface area contributed by atoms with Gasteiger partial charge in [-0.15, -0.1) is 0 Å². The molecule has 3 rings (SSSR count). The number of hydrogen-bond donors (Lipinski definition) is 2. The molecule has 0 radical (unpaired) electrons. The molecule has 0 saturated carbocycles. The van der Waals surface area contributed by atoms with Gasteiger partial charge in [-0.25, -0.2) is 0 Å². The summed E-state index contributed by atoms with van der Waals surface area (Å²) in [5, 5.41) is 2.32. The zero-order valence-corrected chi connectivity index (χ0v) is 8.95. The van der Waals surface area contributed by atoms with Gasteiger partial charge in [-0.2, -0.15) is 0 Å². The molecule has 0 fully saturated rings. The third-order valence-corrected chi connectivity index (χ3v) is 2.86. The zero-order valence-electron chi connectivity index (χ0n) is 8.95. The van der Waals surface area contributed by atoms with E-state index < -0.39 is 0 Å². The summed E-state index contributed by atoms with van der Waals surface area (Å²) in [5.41, 5.74) is 8.74. The third-order valence-electron chi connectivity index (χ3n) is 2.86. The van der Waals surface area contributed by atoms with Crippen LogP contribution in [0.1, 0.15) is 0 Å². The van der Waals surface area contributed by atoms with Gasteiger partial charge in [0.05, 0.1) is 18.3 Å². The first-order valence-electron chi connectivity index (χ1n) is 5.13. The number of fused-ring (bicyclic) bond motifs is 3. The molecule has 0 saturated heterocycles. The van der Waals surface area contributed by atoms with Crippen LogP contribution < -0.4 is 10.5 Å². The van der Waals surface area contributed by atoms with E-state index in [4.69, 9.17) is 10.5 Å². The summed E-state index contributed by atoms with van der Waals surface area (Å²) in [5.74, 6) is 0.707. The van der Waals surface area contributed by atoms with Crippen LogP contribution in [0.25, 0.3) is 21.8 Å². The number of aromatic amines is 1. The predicted octanol–water partition coefficient (Wildman–Crippen LogP) is 2.91. The van der Waals surface area contributed by atoms with Gasteiger partial charge in [0.1, 0.15) is 5.75 Å². The highest BCUT2D eigenvalue weighted by Gasteiger charge is 2.07. The second-order valence-electron chi connectivity index (χ2n) is 3.81. The van der Waals surface area contributed by atoms with Gasteiger partial charge in [-0.05, 0) is 12.1 Å². The maximum Gasteiger partial charge on any atom is 0.143 e. The Morgan fingerprint density at radius 3 is 2.69 bits per heavy atom. The van der Waals surface area contributed by atoms with Crippen LogP contribution in [-0.2, 0) is 0 Å². The van der Waals surface area contributed by atoms with E-state index in [-0.39, 0.29) is 0 Å². The van der Waals surface area contributed by atoms with E-state index in [1.54, 1.807) is 7.11 Å². The van der Waals surface area contributed by atoms with Crippen LogP contribution in [0.2, 0.25) is 0 Å². The molecule has 80 valence electrons. The summed E-state index contributed by atoms with van der Waals surface area (Å²) >= 11 is 0. The van der Waals surface area contributed by atoms with Crippen molar-refractivity contribution in [3.8, 4) is 5.75 Å². The van der Waals surface area contributed by atoms with E-state index in [0.717, 1.165) is 16.4 Å². The topological polar surface area (TPSA) is 51.0 Å². The molecule has 0 bridgehead atoms. The number of H-pyrrole nitrogens is 1. The lowest BCUT2D eigenvalue weighted by molar-refractivity contribution is 0.417. The molecule has 1 aromatic heterocycles. The molecule has 0 aliphatic carbocycles. The molecule has 0 unspecified atom stereocenters. The van der Waals surface area contributed by atoms with Crippen molar-refractivity contribution in [3.63, 3.8) is 0 Å². The van der Waals surface area contributed by atoms with Gasteiger partial charge in [0.15, 0.2) is 0 Å². The summed E-state index contributed by atoms with van der Waals surface area (Å²) in [7, 11) is 1.63. The van der Waals surface area contributed by atoms with Crippen LogP contribution in [0.3, 0.4) is 0 Å². The fourth-order valence-electron chi connectivity index (χ4n) is 2.07. The SMILES string of the molecule is COc1cc2[nH]c3ccccc3c2cc1N. The molecule has 0 spiro atoms. The Morgan fingerprint density at radius 1 is 1.06 bits per heavy atom. The molecule has 1 heterocycles. The van der Waals surface area contributed by atoms with Crippen molar-refractivity contribution in [3.05, 3.63) is 36.4 Å². The molecule has 3 aromatic rings. The van der Waals surface area contributed by atoms with E-state index >= 15 is 0 Å². The van der Waals surface area contributed by atoms with Gasteiger partial charge >= 0.3 is 0 Å². The lowest BCUT2D eigenvalue weighted by atomic mass is 10.1. The van der Waals surface area contributed by atoms with Crippen molar-refractivity contribution >= 4 is 27.5 Å². The van der Waals surface area contributed by atoms with E-state index in [1.165, 1.54) is 5.39 Å². The summed E-state index contributed by atoms with van der Waals surface area (Å²) in [6, 6.07) is 12.1. The number of aromatic nitrogens is 1. The Labute approximate surface area is 92.8 Å². The largest absolute Gasteiger partial charge is 0.495 e. The van der Waals surface area contributed by atoms with Gasteiger partial charge in [0.2, 0.25) is 0 Å². The van der Waals surface area contributed by atoms with Gasteiger partial charge in [-0.1, -0.05) is 18.2 Å². The molecule has 2 aromatic carbocycles. The van der Waals surface area contributed by atoms with Crippen molar-refractivity contribution in [2.24, 2.45) is 0 Å². The maximum absolute atomic E-state index is 5.91. The normalized spacial score (nSPS) is 11.1. The van der Waals surface area contributed by atoms with E-state index in [2.05, 4.69) is 17.1 Å². The highest BCUT2D eigenvalue weighted by atomic mass is 16.5. The first-order chi connectivity index (χ1) is 7.79. The predicted molar refractivity (Wildman–Crippen MR) is 66.8 cm³/mol. The van der Waals surface area contributed by atoms with Crippen molar-refractivity contribution < 1.29 is 4.74 Å². The van der Waals surface area contributed by atoms with Crippen molar-refractivity contribution in [1.29, 1.82) is 0 Å². The molecule has 3 nitrogen and oxygen atoms in total. The Kier molecular flexibility index (Phi) is 1.80. The van der Waals surface area contributed by atoms with Gasteiger partial charge in [0, 0.05) is 22.4 Å². The molecule has 16 heavy (non-hydrogen) atoms. The number of nitrogen functional groups attached to an aromatic ring is 1. The average molecular weight is 212 g/mol. The number of para-hydroxylation sites is 1. The lowest BCUT2D eigenvalue weighted by Crippen LogP contribution is -1.91. The molecular weight excluding hydrogens is 200 g/mol. The minimum Gasteiger partial charge on any atom is -0.495 e. The molecule has 0 atom stereocenters. The molecule has 3 heteroatoms. The number of hydrogen-bond acceptors (Lipinski definition) is 2. The van der Waals surface area contributed by atoms with E-state index in [0.29, 0.717) is 11.4 Å². The standard InChI is InChI=1S/C13H12N2O/c1-16-13-7-12-9(6-10(13)14)8-4-2-3-5-11(8)15-12/h2-7,15H,14H2,1H3. The lowest BCUT2D eigenvalue weighted by Gasteiger charge is -2.03. The number of benzene rings is 2. The summed E-state index contributed by atoms with van der Waals surface area (Å²) in [4.78, 5) is 3.34. The molecule has 0 aliphatic rings. The first-order valence-corrected chi connectivity index (χ1v) is 5.13. The first kappa shape index (κ1) is 9.09. The van der Waals surface area contributed by atoms with Crippen molar-refractivity contribution in [1.82, 2.24) is 4.98 Å². The quantitative estimate of drug-likeness (QED) is 0.609. The minimum atomic E-state index is 0.666. The fraction of sp³-hybridized carbons (Fsp3) is 0.0769. The van der Waals surface area contributed by atoms with Crippen LogP contribution in [0, 0.1) is 0 Å². The fourth-order valence-corrected chi connectivity index (χ4v) is 2.07. The Bertz CT molecular complexity index is 670. The summed E-state index contributed by atoms with van der Waals surface area (Å²) < 4.78 is 5.20. The summed E-state index contributed by atoms with van der Waals surface area (Å²) in [6.07, 6.45) is 0. The number of nitrogens with two attached hydrogens (primary N) is 1. The third kappa shape index (κ3) is 1.15. The van der Waals surface area contributed by atoms with Crippen LogP contribution in [-0.4, -0.2) is 12.1 Å². The van der Waals surface area contributed by atoms with Crippen molar-refractivity contribution in [2.45, 2.75) is 0 Å². The Hall–Kier alpha value is -2.16. The molecule has 0 amide bonds. The van der Waals surface area contributed by atoms with Gasteiger partial charge in [0.25, 0.3) is 0 Å². The Morgan fingerprint density at radius 2 is 1.88 bits per heavy atom. The second kappa shape index (κ2) is 3.17. The molecular formula is C13H12N2O. The average Bonchev–Trinajstić information content (AvgIpc) is 2.66.